The Morgan fingerprint density at radius 1 is 1.09 bits per heavy atom. The minimum absolute atomic E-state index is 0.115. The highest BCUT2D eigenvalue weighted by Crippen LogP contribution is 2.28. The molecule has 2 saturated heterocycles. The summed E-state index contributed by atoms with van der Waals surface area (Å²) in [6.45, 7) is 0.115. The molecule has 64 valence electrons. The maximum atomic E-state index is 9.22. The van der Waals surface area contributed by atoms with Crippen LogP contribution in [0.3, 0.4) is 0 Å². The van der Waals surface area contributed by atoms with Gasteiger partial charge in [0.1, 0.15) is 24.4 Å². The number of rotatable bonds is 0. The van der Waals surface area contributed by atoms with E-state index in [1.165, 1.54) is 0 Å². The van der Waals surface area contributed by atoms with Gasteiger partial charge < -0.3 is 24.8 Å². The van der Waals surface area contributed by atoms with Crippen molar-refractivity contribution in [3.05, 3.63) is 0 Å². The van der Waals surface area contributed by atoms with Gasteiger partial charge in [-0.2, -0.15) is 0 Å². The van der Waals surface area contributed by atoms with Crippen molar-refractivity contribution in [2.45, 2.75) is 30.7 Å². The summed E-state index contributed by atoms with van der Waals surface area (Å²) in [7, 11) is 0. The summed E-state index contributed by atoms with van der Waals surface area (Å²) in [5, 5.41) is 27.6. The van der Waals surface area contributed by atoms with Gasteiger partial charge in [-0.05, 0) is 0 Å². The first-order valence-corrected chi connectivity index (χ1v) is 3.51. The highest BCUT2D eigenvalue weighted by molar-refractivity contribution is 4.93. The van der Waals surface area contributed by atoms with Crippen molar-refractivity contribution in [2.75, 3.05) is 6.61 Å². The molecule has 5 atom stereocenters. The minimum Gasteiger partial charge on any atom is -0.388 e. The minimum atomic E-state index is -1.03. The van der Waals surface area contributed by atoms with E-state index in [0.717, 1.165) is 0 Å². The molecule has 0 aromatic rings. The first-order valence-electron chi connectivity index (χ1n) is 3.51. The van der Waals surface area contributed by atoms with Gasteiger partial charge in [-0.1, -0.05) is 0 Å². The summed E-state index contributed by atoms with van der Waals surface area (Å²) in [4.78, 5) is 0. The molecule has 0 aliphatic carbocycles. The van der Waals surface area contributed by atoms with Crippen LogP contribution >= 0.6 is 0 Å². The molecule has 0 unspecified atom stereocenters. The van der Waals surface area contributed by atoms with Crippen LogP contribution in [0.5, 0.6) is 0 Å². The van der Waals surface area contributed by atoms with Crippen LogP contribution in [0.2, 0.25) is 0 Å². The van der Waals surface area contributed by atoms with Crippen LogP contribution in [0.25, 0.3) is 0 Å². The molecule has 2 aliphatic heterocycles. The first kappa shape index (κ1) is 7.45. The van der Waals surface area contributed by atoms with E-state index < -0.39 is 30.7 Å². The number of hydrogen-bond donors (Lipinski definition) is 3. The Kier molecular flexibility index (Phi) is 1.62. The molecule has 5 nitrogen and oxygen atoms in total. The molecule has 2 bridgehead atoms. The molecular formula is C6H10O5. The van der Waals surface area contributed by atoms with Gasteiger partial charge in [-0.15, -0.1) is 0 Å². The molecule has 0 amide bonds. The Bertz CT molecular complexity index is 161. The van der Waals surface area contributed by atoms with Gasteiger partial charge in [-0.25, -0.2) is 0 Å². The zero-order valence-electron chi connectivity index (χ0n) is 5.75. The molecule has 0 aromatic heterocycles. The third-order valence-electron chi connectivity index (χ3n) is 2.07. The maximum Gasteiger partial charge on any atom is 0.186 e. The van der Waals surface area contributed by atoms with E-state index in [4.69, 9.17) is 14.6 Å². The van der Waals surface area contributed by atoms with Crippen molar-refractivity contribution in [1.29, 1.82) is 0 Å². The van der Waals surface area contributed by atoms with Gasteiger partial charge in [0.2, 0.25) is 0 Å². The normalized spacial score (nSPS) is 56.5. The van der Waals surface area contributed by atoms with Crippen LogP contribution in [0.1, 0.15) is 0 Å². The van der Waals surface area contributed by atoms with Crippen molar-refractivity contribution < 1.29 is 24.8 Å². The van der Waals surface area contributed by atoms with Gasteiger partial charge in [0, 0.05) is 0 Å². The Balaban J connectivity index is 2.16. The van der Waals surface area contributed by atoms with Crippen molar-refractivity contribution >= 4 is 0 Å². The second kappa shape index (κ2) is 2.40. The predicted octanol–water partition coefficient (Wildman–Crippen LogP) is -2.18. The Labute approximate surface area is 63.2 Å². The van der Waals surface area contributed by atoms with Crippen molar-refractivity contribution in [3.8, 4) is 0 Å². The van der Waals surface area contributed by atoms with E-state index in [-0.39, 0.29) is 6.61 Å². The fraction of sp³-hybridized carbons (Fsp3) is 1.00. The van der Waals surface area contributed by atoms with Crippen LogP contribution in [0.15, 0.2) is 0 Å². The quantitative estimate of drug-likeness (QED) is 0.377. The number of ether oxygens (including phenoxy) is 2. The highest BCUT2D eigenvalue weighted by atomic mass is 16.7. The van der Waals surface area contributed by atoms with Crippen LogP contribution in [-0.4, -0.2) is 52.6 Å². The van der Waals surface area contributed by atoms with E-state index in [9.17, 15) is 10.2 Å². The van der Waals surface area contributed by atoms with Gasteiger partial charge in [0.15, 0.2) is 6.29 Å². The second-order valence-electron chi connectivity index (χ2n) is 2.85. The lowest BCUT2D eigenvalue weighted by Gasteiger charge is -2.25. The monoisotopic (exact) mass is 162 g/mol. The van der Waals surface area contributed by atoms with Gasteiger partial charge in [0.05, 0.1) is 6.61 Å². The third kappa shape index (κ3) is 0.969. The molecule has 2 aliphatic rings. The summed E-state index contributed by atoms with van der Waals surface area (Å²) in [5.74, 6) is 0. The largest absolute Gasteiger partial charge is 0.388 e. The summed E-state index contributed by atoms with van der Waals surface area (Å²) in [6.07, 6.45) is -4.35. The molecule has 0 spiro atoms. The summed E-state index contributed by atoms with van der Waals surface area (Å²) < 4.78 is 9.84. The molecule has 0 aromatic carbocycles. The number of hydrogen-bond acceptors (Lipinski definition) is 5. The molecule has 2 heterocycles. The van der Waals surface area contributed by atoms with Crippen LogP contribution in [0, 0.1) is 0 Å². The topological polar surface area (TPSA) is 79.2 Å². The van der Waals surface area contributed by atoms with Crippen LogP contribution in [0.4, 0.5) is 0 Å². The number of aliphatic hydroxyl groups is 3. The van der Waals surface area contributed by atoms with Crippen LogP contribution < -0.4 is 0 Å². The molecule has 2 fully saturated rings. The Morgan fingerprint density at radius 3 is 2.45 bits per heavy atom. The fourth-order valence-electron chi connectivity index (χ4n) is 1.42. The van der Waals surface area contributed by atoms with Gasteiger partial charge in [-0.3, -0.25) is 0 Å². The Hall–Kier alpha value is -0.200. The van der Waals surface area contributed by atoms with E-state index in [1.54, 1.807) is 0 Å². The molecule has 0 radical (unpaired) electrons. The first-order chi connectivity index (χ1) is 5.20. The lowest BCUT2D eigenvalue weighted by Crippen LogP contribution is -2.41. The van der Waals surface area contributed by atoms with E-state index in [2.05, 4.69) is 0 Å². The van der Waals surface area contributed by atoms with E-state index in [0.29, 0.717) is 0 Å². The molecule has 2 rings (SSSR count). The predicted molar refractivity (Wildman–Crippen MR) is 32.6 cm³/mol. The van der Waals surface area contributed by atoms with Crippen molar-refractivity contribution in [2.24, 2.45) is 0 Å². The van der Waals surface area contributed by atoms with Gasteiger partial charge in [0.25, 0.3) is 0 Å². The molecular weight excluding hydrogens is 152 g/mol. The lowest BCUT2D eigenvalue weighted by molar-refractivity contribution is -0.233. The number of fused-ring (bicyclic) bond motifs is 2. The zero-order valence-corrected chi connectivity index (χ0v) is 5.75. The number of aliphatic hydroxyl groups excluding tert-OH is 3. The third-order valence-corrected chi connectivity index (χ3v) is 2.07. The highest BCUT2D eigenvalue weighted by Gasteiger charge is 2.50. The smallest absolute Gasteiger partial charge is 0.186 e. The molecule has 5 heteroatoms. The summed E-state index contributed by atoms with van der Waals surface area (Å²) in [6, 6.07) is 0. The zero-order chi connectivity index (χ0) is 8.01. The molecule has 11 heavy (non-hydrogen) atoms. The van der Waals surface area contributed by atoms with Crippen molar-refractivity contribution in [1.82, 2.24) is 0 Å². The molecule has 3 N–H and O–H groups in total. The van der Waals surface area contributed by atoms with E-state index in [1.807, 2.05) is 0 Å². The van der Waals surface area contributed by atoms with Gasteiger partial charge >= 0.3 is 0 Å². The SMILES string of the molecule is O[C@@H]1[C@@H](O)[C@H]2OC[C@@H](O)[C@@H]1O2. The lowest BCUT2D eigenvalue weighted by atomic mass is 10.1. The second-order valence-corrected chi connectivity index (χ2v) is 2.85. The summed E-state index contributed by atoms with van der Waals surface area (Å²) in [5.41, 5.74) is 0. The van der Waals surface area contributed by atoms with Crippen molar-refractivity contribution in [3.63, 3.8) is 0 Å². The fourth-order valence-corrected chi connectivity index (χ4v) is 1.42. The average Bonchev–Trinajstić information content (AvgIpc) is 2.24. The Morgan fingerprint density at radius 2 is 1.82 bits per heavy atom. The maximum absolute atomic E-state index is 9.22. The standard InChI is InChI=1S/C6H10O5/c7-2-1-10-6-4(9)3(8)5(2)11-6/h2-9H,1H2/t2-,3-,4-,5+,6+/m1/s1. The van der Waals surface area contributed by atoms with E-state index >= 15 is 0 Å². The summed E-state index contributed by atoms with van der Waals surface area (Å²) >= 11 is 0. The molecule has 0 saturated carbocycles. The van der Waals surface area contributed by atoms with Crippen LogP contribution in [-0.2, 0) is 9.47 Å². The average molecular weight is 162 g/mol.